The number of carbonyl (C=O) groups excluding carboxylic acids is 6. The van der Waals surface area contributed by atoms with Gasteiger partial charge in [0.25, 0.3) is 0 Å². The number of aliphatic hydroxyl groups excluding tert-OH is 13. The molecule has 3 aromatic rings. The van der Waals surface area contributed by atoms with Gasteiger partial charge in [0.05, 0.1) is 71.4 Å². The molecular formula is C63H88N12O26. The Kier molecular flexibility index (Phi) is 26.5. The highest BCUT2D eigenvalue weighted by atomic mass is 16.7. The molecule has 4 fully saturated rings. The summed E-state index contributed by atoms with van der Waals surface area (Å²) in [6, 6.07) is 7.86. The summed E-state index contributed by atoms with van der Waals surface area (Å²) in [7, 11) is 0. The summed E-state index contributed by atoms with van der Waals surface area (Å²) in [6.45, 7) is -1.11. The number of nitrogens with one attached hydrogen (secondary N) is 7. The number of benzene rings is 3. The van der Waals surface area contributed by atoms with Crippen molar-refractivity contribution in [2.75, 3.05) is 52.7 Å². The Morgan fingerprint density at radius 1 is 0.574 bits per heavy atom. The minimum absolute atomic E-state index is 0.0492. The van der Waals surface area contributed by atoms with Gasteiger partial charge in [0.1, 0.15) is 127 Å². The normalized spacial score (nSPS) is 34.9. The smallest absolute Gasteiger partial charge is 0.246 e. The fourth-order valence-corrected chi connectivity index (χ4v) is 12.3. The van der Waals surface area contributed by atoms with Gasteiger partial charge in [-0.1, -0.05) is 61.5 Å². The third-order valence-electron chi connectivity index (χ3n) is 18.1. The van der Waals surface area contributed by atoms with Crippen LogP contribution in [0.1, 0.15) is 36.5 Å². The van der Waals surface area contributed by atoms with Crippen molar-refractivity contribution in [1.29, 1.82) is 0 Å². The predicted octanol–water partition coefficient (Wildman–Crippen LogP) is -11.0. The number of ether oxygens (including phenoxy) is 7. The first-order chi connectivity index (χ1) is 48.2. The van der Waals surface area contributed by atoms with E-state index in [4.69, 9.17) is 44.6 Å². The molecule has 0 spiro atoms. The van der Waals surface area contributed by atoms with E-state index in [0.29, 0.717) is 17.9 Å². The fourth-order valence-electron chi connectivity index (χ4n) is 12.3. The molecule has 0 aliphatic carbocycles. The fraction of sp³-hybridized carbons (Fsp3) is 0.587. The topological polar surface area (TPSA) is 594 Å². The quantitative estimate of drug-likeness (QED) is 0.0444. The van der Waals surface area contributed by atoms with Crippen molar-refractivity contribution in [1.82, 2.24) is 42.1 Å². The third-order valence-corrected chi connectivity index (χ3v) is 18.1. The lowest BCUT2D eigenvalue weighted by Crippen LogP contribution is -2.70. The SMILES string of the molecule is CCOc1ccc(COCC2OC(OC3C(CO)OC(Oc4ccc(CC5NC(=O)C(C(C)c6ccccc6)NC(=O)CNC(=O)C(CO)NC(=O)C(C(O)C6CN=C(N)N6C6OC(CO)C(O)C(O)C6O)NC(=O)C(C(O)C6CN=C(N)N6)NC5=O)cc4)C(O)C3O)C(O)C(O)C2O)cc1. The van der Waals surface area contributed by atoms with Crippen LogP contribution in [-0.2, 0) is 65.5 Å². The molecule has 4 saturated heterocycles. The Labute approximate surface area is 576 Å². The highest BCUT2D eigenvalue weighted by molar-refractivity contribution is 5.98. The van der Waals surface area contributed by atoms with Crippen LogP contribution >= 0.6 is 0 Å². The summed E-state index contributed by atoms with van der Waals surface area (Å²) < 4.78 is 40.4. The average molecular weight is 1430 g/mol. The maximum atomic E-state index is 15.2. The number of hydrogen-bond acceptors (Lipinski definition) is 32. The number of nitrogens with two attached hydrogens (primary N) is 2. The minimum atomic E-state index is -2.35. The Bertz CT molecular complexity index is 3350. The lowest BCUT2D eigenvalue weighted by molar-refractivity contribution is -0.353. The zero-order chi connectivity index (χ0) is 73.1. The molecule has 6 aliphatic rings. The van der Waals surface area contributed by atoms with Crippen molar-refractivity contribution in [2.45, 2.75) is 179 Å². The highest BCUT2D eigenvalue weighted by Gasteiger charge is 2.54. The highest BCUT2D eigenvalue weighted by Crippen LogP contribution is 2.33. The summed E-state index contributed by atoms with van der Waals surface area (Å²) in [5.41, 5.74) is 13.6. The van der Waals surface area contributed by atoms with Gasteiger partial charge >= 0.3 is 0 Å². The monoisotopic (exact) mass is 1430 g/mol. The van der Waals surface area contributed by atoms with Crippen molar-refractivity contribution in [3.8, 4) is 11.5 Å². The van der Waals surface area contributed by atoms with Crippen LogP contribution in [0.3, 0.4) is 0 Å². The van der Waals surface area contributed by atoms with Crippen molar-refractivity contribution < 1.29 is 128 Å². The molecule has 556 valence electrons. The molecule has 38 heteroatoms. The molecule has 0 aromatic heterocycles. The van der Waals surface area contributed by atoms with Crippen molar-refractivity contribution >= 4 is 47.4 Å². The molecule has 25 atom stereocenters. The van der Waals surface area contributed by atoms with E-state index in [9.17, 15) is 85.6 Å². The molecule has 0 bridgehead atoms. The second kappa shape index (κ2) is 34.7. The Balaban J connectivity index is 0.971. The summed E-state index contributed by atoms with van der Waals surface area (Å²) in [4.78, 5) is 96.5. The molecule has 9 rings (SSSR count). The maximum absolute atomic E-state index is 15.2. The molecule has 101 heavy (non-hydrogen) atoms. The van der Waals surface area contributed by atoms with Crippen LogP contribution in [-0.4, -0.2) is 318 Å². The largest absolute Gasteiger partial charge is 0.494 e. The van der Waals surface area contributed by atoms with Crippen molar-refractivity contribution in [2.24, 2.45) is 21.5 Å². The Morgan fingerprint density at radius 2 is 1.17 bits per heavy atom. The van der Waals surface area contributed by atoms with E-state index < -0.39 is 233 Å². The minimum Gasteiger partial charge on any atom is -0.494 e. The van der Waals surface area contributed by atoms with E-state index in [-0.39, 0.29) is 37.0 Å². The van der Waals surface area contributed by atoms with Gasteiger partial charge in [-0.05, 0) is 47.9 Å². The van der Waals surface area contributed by atoms with Gasteiger partial charge in [0.2, 0.25) is 41.7 Å². The van der Waals surface area contributed by atoms with Gasteiger partial charge in [0.15, 0.2) is 24.4 Å². The van der Waals surface area contributed by atoms with E-state index in [1.165, 1.54) is 24.3 Å². The van der Waals surface area contributed by atoms with Crippen LogP contribution in [0, 0.1) is 0 Å². The van der Waals surface area contributed by atoms with Crippen LogP contribution in [0.5, 0.6) is 11.5 Å². The molecule has 6 amide bonds. The number of hydrogen-bond donors (Lipinski definition) is 22. The number of guanidine groups is 2. The predicted molar refractivity (Wildman–Crippen MR) is 343 cm³/mol. The Hall–Kier alpha value is -8.10. The van der Waals surface area contributed by atoms with Crippen LogP contribution < -0.4 is 58.2 Å². The first-order valence-corrected chi connectivity index (χ1v) is 32.5. The standard InChI is InChI=1S/C63H88N12O26/c1-3-96-30-13-11-28(12-14-30)24-95-25-38-46(83)48(85)51(88)61(100-38)101-53-37(23-78)99-60(52(89)49(53)86)97-31-15-9-27(10-16-31)17-32-55(91)73-41(43(80)33-18-67-62(64)71-33)58(94)74-42(44(81)35-19-68-63(65)75(35)59-50(87)47(84)45(82)36(22-77)98-59)57(93)70-34(21-76)54(90)66-20-39(79)72-40(56(92)69-32)26(2)29-7-5-4-6-8-29/h4-16,26,32-38,40-53,59-61,76-78,80-89H,3,17-25H2,1-2H3,(H2,65,68)(H,66,90)(H,69,92)(H,70,93)(H,72,79)(H,73,91)(H,74,94)(H3,64,67,71). The van der Waals surface area contributed by atoms with Gasteiger partial charge < -0.3 is 153 Å². The van der Waals surface area contributed by atoms with Crippen molar-refractivity contribution in [3.63, 3.8) is 0 Å². The van der Waals surface area contributed by atoms with Crippen LogP contribution in [0.25, 0.3) is 0 Å². The van der Waals surface area contributed by atoms with Crippen molar-refractivity contribution in [3.05, 3.63) is 95.6 Å². The summed E-state index contributed by atoms with van der Waals surface area (Å²) >= 11 is 0. The molecule has 6 heterocycles. The van der Waals surface area contributed by atoms with E-state index in [1.54, 1.807) is 61.5 Å². The second-order valence-electron chi connectivity index (χ2n) is 25.0. The number of carbonyl (C=O) groups is 6. The van der Waals surface area contributed by atoms with Gasteiger partial charge in [-0.25, -0.2) is 0 Å². The molecule has 0 radical (unpaired) electrons. The van der Waals surface area contributed by atoms with E-state index in [1.807, 2.05) is 6.92 Å². The number of amides is 6. The summed E-state index contributed by atoms with van der Waals surface area (Å²) in [5.74, 6) is -8.35. The zero-order valence-corrected chi connectivity index (χ0v) is 54.6. The number of aliphatic hydroxyl groups is 13. The molecule has 24 N–H and O–H groups in total. The van der Waals surface area contributed by atoms with E-state index >= 15 is 9.59 Å². The molecular weight excluding hydrogens is 1340 g/mol. The number of rotatable bonds is 22. The van der Waals surface area contributed by atoms with Gasteiger partial charge in [-0.3, -0.25) is 38.8 Å². The third kappa shape index (κ3) is 18.2. The van der Waals surface area contributed by atoms with Gasteiger partial charge in [0, 0.05) is 12.3 Å². The lowest BCUT2D eigenvalue weighted by Gasteiger charge is -2.46. The molecule has 25 unspecified atom stereocenters. The second-order valence-corrected chi connectivity index (χ2v) is 25.0. The summed E-state index contributed by atoms with van der Waals surface area (Å²) in [6.07, 6.45) is -31.5. The van der Waals surface area contributed by atoms with Crippen LogP contribution in [0.2, 0.25) is 0 Å². The molecule has 38 nitrogen and oxygen atoms in total. The number of aliphatic imine (C=N–C) groups is 2. The van der Waals surface area contributed by atoms with Crippen LogP contribution in [0.15, 0.2) is 88.8 Å². The maximum Gasteiger partial charge on any atom is 0.246 e. The van der Waals surface area contributed by atoms with E-state index in [2.05, 4.69) is 47.2 Å². The lowest BCUT2D eigenvalue weighted by atomic mass is 9.92. The number of nitrogens with zero attached hydrogens (tertiary/aromatic N) is 3. The first-order valence-electron chi connectivity index (χ1n) is 32.5. The van der Waals surface area contributed by atoms with Gasteiger partial charge in [-0.2, -0.15) is 0 Å². The van der Waals surface area contributed by atoms with E-state index in [0.717, 1.165) is 10.5 Å². The first kappa shape index (κ1) is 77.1. The molecule has 3 aromatic carbocycles. The molecule has 0 saturated carbocycles. The molecule has 6 aliphatic heterocycles. The average Bonchev–Trinajstić information content (AvgIpc) is 1.65. The Morgan fingerprint density at radius 3 is 1.82 bits per heavy atom. The van der Waals surface area contributed by atoms with Gasteiger partial charge in [-0.15, -0.1) is 0 Å². The summed E-state index contributed by atoms with van der Waals surface area (Å²) in [5, 5.41) is 161. The van der Waals surface area contributed by atoms with Crippen LogP contribution in [0.4, 0.5) is 0 Å². The zero-order valence-electron chi connectivity index (χ0n) is 54.6.